The lowest BCUT2D eigenvalue weighted by molar-refractivity contribution is -0.137. The lowest BCUT2D eigenvalue weighted by Gasteiger charge is -2.21. The standard InChI is InChI=1S/C10H18N2O2/c11-9(1-2-10(13)14)6-12-4-7-3-8(7)5-12/h7-9H,1-6,11H2,(H,13,14). The summed E-state index contributed by atoms with van der Waals surface area (Å²) >= 11 is 0. The predicted molar refractivity (Wildman–Crippen MR) is 52.9 cm³/mol. The molecule has 0 spiro atoms. The molecule has 4 nitrogen and oxygen atoms in total. The zero-order valence-corrected chi connectivity index (χ0v) is 8.35. The number of carbonyl (C=O) groups is 1. The number of rotatable bonds is 5. The van der Waals surface area contributed by atoms with Crippen molar-refractivity contribution in [1.29, 1.82) is 0 Å². The largest absolute Gasteiger partial charge is 0.481 e. The molecular formula is C10H18N2O2. The summed E-state index contributed by atoms with van der Waals surface area (Å²) in [5, 5.41) is 8.50. The molecule has 0 aromatic heterocycles. The molecule has 0 amide bonds. The number of hydrogen-bond acceptors (Lipinski definition) is 3. The first-order valence-electron chi connectivity index (χ1n) is 5.35. The van der Waals surface area contributed by atoms with Gasteiger partial charge in [-0.25, -0.2) is 0 Å². The van der Waals surface area contributed by atoms with Crippen LogP contribution in [0.2, 0.25) is 0 Å². The van der Waals surface area contributed by atoms with Crippen molar-refractivity contribution >= 4 is 5.97 Å². The highest BCUT2D eigenvalue weighted by Crippen LogP contribution is 2.44. The lowest BCUT2D eigenvalue weighted by atomic mass is 10.1. The van der Waals surface area contributed by atoms with Crippen molar-refractivity contribution in [3.8, 4) is 0 Å². The number of aliphatic carboxylic acids is 1. The van der Waals surface area contributed by atoms with Crippen LogP contribution in [-0.4, -0.2) is 41.7 Å². The van der Waals surface area contributed by atoms with Crippen LogP contribution >= 0.6 is 0 Å². The molecule has 0 aromatic carbocycles. The van der Waals surface area contributed by atoms with E-state index in [0.29, 0.717) is 6.42 Å². The van der Waals surface area contributed by atoms with E-state index in [-0.39, 0.29) is 12.5 Å². The Morgan fingerprint density at radius 1 is 1.50 bits per heavy atom. The second-order valence-corrected chi connectivity index (χ2v) is 4.67. The first kappa shape index (κ1) is 9.93. The van der Waals surface area contributed by atoms with Crippen molar-refractivity contribution in [2.24, 2.45) is 17.6 Å². The zero-order valence-electron chi connectivity index (χ0n) is 8.35. The van der Waals surface area contributed by atoms with E-state index < -0.39 is 5.97 Å². The van der Waals surface area contributed by atoms with Gasteiger partial charge in [0, 0.05) is 32.1 Å². The Morgan fingerprint density at radius 3 is 2.71 bits per heavy atom. The lowest BCUT2D eigenvalue weighted by Crippen LogP contribution is -2.37. The molecule has 80 valence electrons. The van der Waals surface area contributed by atoms with Crippen molar-refractivity contribution in [3.05, 3.63) is 0 Å². The van der Waals surface area contributed by atoms with Gasteiger partial charge in [-0.2, -0.15) is 0 Å². The Hall–Kier alpha value is -0.610. The molecule has 2 aliphatic rings. The van der Waals surface area contributed by atoms with Crippen LogP contribution in [-0.2, 0) is 4.79 Å². The Balaban J connectivity index is 1.62. The molecule has 1 aliphatic carbocycles. The van der Waals surface area contributed by atoms with E-state index >= 15 is 0 Å². The molecule has 1 saturated carbocycles. The molecule has 2 rings (SSSR count). The molecular weight excluding hydrogens is 180 g/mol. The molecule has 4 heteroatoms. The van der Waals surface area contributed by atoms with Gasteiger partial charge < -0.3 is 15.7 Å². The highest BCUT2D eigenvalue weighted by Gasteiger charge is 2.44. The molecule has 2 fully saturated rings. The van der Waals surface area contributed by atoms with E-state index in [0.717, 1.165) is 18.4 Å². The van der Waals surface area contributed by atoms with Crippen molar-refractivity contribution in [2.45, 2.75) is 25.3 Å². The van der Waals surface area contributed by atoms with Crippen LogP contribution < -0.4 is 5.73 Å². The number of piperidine rings is 1. The summed E-state index contributed by atoms with van der Waals surface area (Å²) in [5.74, 6) is 1.12. The third-order valence-electron chi connectivity index (χ3n) is 3.28. The van der Waals surface area contributed by atoms with Crippen LogP contribution in [0, 0.1) is 11.8 Å². The molecule has 1 aliphatic heterocycles. The summed E-state index contributed by atoms with van der Waals surface area (Å²) in [5.41, 5.74) is 5.86. The number of nitrogens with zero attached hydrogens (tertiary/aromatic N) is 1. The molecule has 0 aromatic rings. The van der Waals surface area contributed by atoms with E-state index in [9.17, 15) is 4.79 Å². The minimum atomic E-state index is -0.746. The van der Waals surface area contributed by atoms with E-state index in [4.69, 9.17) is 10.8 Å². The van der Waals surface area contributed by atoms with Gasteiger partial charge in [-0.05, 0) is 24.7 Å². The van der Waals surface area contributed by atoms with Gasteiger partial charge in [0.25, 0.3) is 0 Å². The van der Waals surface area contributed by atoms with Crippen molar-refractivity contribution in [3.63, 3.8) is 0 Å². The third kappa shape index (κ3) is 2.45. The van der Waals surface area contributed by atoms with Crippen molar-refractivity contribution < 1.29 is 9.90 Å². The molecule has 0 bridgehead atoms. The number of carboxylic acid groups (broad SMARTS) is 1. The van der Waals surface area contributed by atoms with Gasteiger partial charge in [0.15, 0.2) is 0 Å². The molecule has 3 atom stereocenters. The van der Waals surface area contributed by atoms with Gasteiger partial charge in [-0.1, -0.05) is 0 Å². The average Bonchev–Trinajstić information content (AvgIpc) is 2.71. The molecule has 3 N–H and O–H groups in total. The van der Waals surface area contributed by atoms with Crippen LogP contribution in [0.5, 0.6) is 0 Å². The van der Waals surface area contributed by atoms with Gasteiger partial charge in [-0.15, -0.1) is 0 Å². The van der Waals surface area contributed by atoms with E-state index in [2.05, 4.69) is 4.90 Å². The van der Waals surface area contributed by atoms with Crippen LogP contribution in [0.3, 0.4) is 0 Å². The highest BCUT2D eigenvalue weighted by molar-refractivity contribution is 5.66. The summed E-state index contributed by atoms with van der Waals surface area (Å²) in [4.78, 5) is 12.7. The smallest absolute Gasteiger partial charge is 0.303 e. The first-order chi connectivity index (χ1) is 6.65. The van der Waals surface area contributed by atoms with Gasteiger partial charge >= 0.3 is 5.97 Å². The molecule has 0 radical (unpaired) electrons. The van der Waals surface area contributed by atoms with Gasteiger partial charge in [-0.3, -0.25) is 4.79 Å². The number of likely N-dealkylation sites (tertiary alicyclic amines) is 1. The van der Waals surface area contributed by atoms with Gasteiger partial charge in [0.05, 0.1) is 0 Å². The number of nitrogens with two attached hydrogens (primary N) is 1. The Bertz CT molecular complexity index is 222. The number of carboxylic acids is 1. The third-order valence-corrected chi connectivity index (χ3v) is 3.28. The SMILES string of the molecule is NC(CCC(=O)O)CN1CC2CC2C1. The van der Waals surface area contributed by atoms with Crippen molar-refractivity contribution in [1.82, 2.24) is 4.90 Å². The monoisotopic (exact) mass is 198 g/mol. The van der Waals surface area contributed by atoms with E-state index in [1.165, 1.54) is 19.5 Å². The maximum absolute atomic E-state index is 10.3. The molecule has 1 heterocycles. The number of fused-ring (bicyclic) bond motifs is 1. The Kier molecular flexibility index (Phi) is 2.74. The van der Waals surface area contributed by atoms with Gasteiger partial charge in [0.2, 0.25) is 0 Å². The van der Waals surface area contributed by atoms with Crippen LogP contribution in [0.1, 0.15) is 19.3 Å². The minimum Gasteiger partial charge on any atom is -0.481 e. The summed E-state index contributed by atoms with van der Waals surface area (Å²) in [6.07, 6.45) is 2.20. The number of hydrogen-bond donors (Lipinski definition) is 2. The summed E-state index contributed by atoms with van der Waals surface area (Å²) in [6, 6.07) is 0.0311. The second kappa shape index (κ2) is 3.87. The van der Waals surface area contributed by atoms with Gasteiger partial charge in [0.1, 0.15) is 0 Å². The maximum Gasteiger partial charge on any atom is 0.303 e. The minimum absolute atomic E-state index is 0.0311. The van der Waals surface area contributed by atoms with E-state index in [1.54, 1.807) is 0 Å². The normalized spacial score (nSPS) is 32.6. The first-order valence-corrected chi connectivity index (χ1v) is 5.35. The molecule has 3 unspecified atom stereocenters. The summed E-state index contributed by atoms with van der Waals surface area (Å²) in [7, 11) is 0. The fraction of sp³-hybridized carbons (Fsp3) is 0.900. The van der Waals surface area contributed by atoms with Crippen molar-refractivity contribution in [2.75, 3.05) is 19.6 Å². The molecule has 14 heavy (non-hydrogen) atoms. The highest BCUT2D eigenvalue weighted by atomic mass is 16.4. The Labute approximate surface area is 84.1 Å². The second-order valence-electron chi connectivity index (χ2n) is 4.67. The fourth-order valence-electron chi connectivity index (χ4n) is 2.38. The summed E-state index contributed by atoms with van der Waals surface area (Å²) in [6.45, 7) is 3.25. The quantitative estimate of drug-likeness (QED) is 0.659. The van der Waals surface area contributed by atoms with E-state index in [1.807, 2.05) is 0 Å². The fourth-order valence-corrected chi connectivity index (χ4v) is 2.38. The molecule has 1 saturated heterocycles. The average molecular weight is 198 g/mol. The van der Waals surface area contributed by atoms with Crippen LogP contribution in [0.25, 0.3) is 0 Å². The zero-order chi connectivity index (χ0) is 10.1. The van der Waals surface area contributed by atoms with Crippen LogP contribution in [0.15, 0.2) is 0 Å². The Morgan fingerprint density at radius 2 is 2.14 bits per heavy atom. The summed E-state index contributed by atoms with van der Waals surface area (Å²) < 4.78 is 0. The topological polar surface area (TPSA) is 66.6 Å². The maximum atomic E-state index is 10.3. The van der Waals surface area contributed by atoms with Crippen LogP contribution in [0.4, 0.5) is 0 Å². The predicted octanol–water partition coefficient (Wildman–Crippen LogP) is 0.130.